The van der Waals surface area contributed by atoms with Crippen molar-refractivity contribution >= 4 is 22.6 Å². The van der Waals surface area contributed by atoms with Crippen LogP contribution in [0.15, 0.2) is 0 Å². The van der Waals surface area contributed by atoms with E-state index in [2.05, 4.69) is 32.4 Å². The summed E-state index contributed by atoms with van der Waals surface area (Å²) in [5.74, 6) is 0. The van der Waals surface area contributed by atoms with Gasteiger partial charge in [-0.15, -0.1) is 0 Å². The Kier molecular flexibility index (Phi) is 21.4. The third-order valence-corrected chi connectivity index (χ3v) is 4.95. The highest BCUT2D eigenvalue weighted by Crippen LogP contribution is 1.96. The molecule has 0 atom stereocenters. The van der Waals surface area contributed by atoms with E-state index in [1.807, 2.05) is 0 Å². The Hall–Kier alpha value is 0.370. The van der Waals surface area contributed by atoms with Crippen LogP contribution in [0.25, 0.3) is 0 Å². The zero-order valence-electron chi connectivity index (χ0n) is 18.3. The average Bonchev–Trinajstić information content (AvgIpc) is 2.80. The van der Waals surface area contributed by atoms with Crippen molar-refractivity contribution in [2.75, 3.05) is 130 Å². The Labute approximate surface area is 195 Å². The number of hydrogen-bond acceptors (Lipinski definition) is 9. The number of aliphatic hydroxyl groups is 1. The molecule has 2 fully saturated rings. The molecule has 0 unspecified atom stereocenters. The molecule has 0 bridgehead atoms. The van der Waals surface area contributed by atoms with Gasteiger partial charge in [0.05, 0.1) is 85.9 Å². The molecule has 2 aliphatic rings. The summed E-state index contributed by atoms with van der Waals surface area (Å²) in [4.78, 5) is 4.70. The maximum absolute atomic E-state index is 8.45. The molecular weight excluding hydrogens is 507 g/mol. The van der Waals surface area contributed by atoms with Gasteiger partial charge >= 0.3 is 0 Å². The van der Waals surface area contributed by atoms with E-state index in [1.165, 1.54) is 0 Å². The largest absolute Gasteiger partial charge is 0.394 e. The van der Waals surface area contributed by atoms with Gasteiger partial charge in [-0.1, -0.05) is 22.6 Å². The molecule has 2 heterocycles. The van der Waals surface area contributed by atoms with E-state index in [0.29, 0.717) is 33.0 Å². The van der Waals surface area contributed by atoms with Crippen LogP contribution in [0.5, 0.6) is 0 Å². The molecule has 0 amide bonds. The Morgan fingerprint density at radius 3 is 1.40 bits per heavy atom. The minimum absolute atomic E-state index is 0.0772. The molecule has 0 radical (unpaired) electrons. The third-order valence-electron chi connectivity index (χ3n) is 4.51. The minimum atomic E-state index is 0.0772. The molecule has 0 aliphatic carbocycles. The Balaban J connectivity index is 0.000000300. The van der Waals surface area contributed by atoms with Gasteiger partial charge in [-0.25, -0.2) is 0 Å². The first-order chi connectivity index (χ1) is 14.9. The molecule has 2 rings (SSSR count). The fourth-order valence-corrected chi connectivity index (χ4v) is 3.11. The normalized spacial score (nSPS) is 18.2. The number of nitrogens with zero attached hydrogens (tertiary/aromatic N) is 2. The second-order valence-electron chi connectivity index (χ2n) is 6.77. The fraction of sp³-hybridized carbons (Fsp3) is 1.00. The van der Waals surface area contributed by atoms with Gasteiger partial charge in [0.1, 0.15) is 0 Å². The van der Waals surface area contributed by atoms with Crippen LogP contribution in [0.3, 0.4) is 0 Å². The zero-order chi connectivity index (χ0) is 21.5. The quantitative estimate of drug-likeness (QED) is 0.165. The maximum Gasteiger partial charge on any atom is 0.0701 e. The molecule has 0 aromatic carbocycles. The van der Waals surface area contributed by atoms with Gasteiger partial charge < -0.3 is 33.5 Å². The summed E-state index contributed by atoms with van der Waals surface area (Å²) in [6.45, 7) is 14.9. The number of alkyl halides is 1. The lowest BCUT2D eigenvalue weighted by atomic mass is 10.4. The predicted molar refractivity (Wildman–Crippen MR) is 124 cm³/mol. The lowest BCUT2D eigenvalue weighted by Crippen LogP contribution is -2.38. The van der Waals surface area contributed by atoms with Crippen molar-refractivity contribution in [3.63, 3.8) is 0 Å². The smallest absolute Gasteiger partial charge is 0.0701 e. The van der Waals surface area contributed by atoms with Crippen molar-refractivity contribution in [2.45, 2.75) is 0 Å². The Bertz CT molecular complexity index is 315. The standard InChI is InChI=1S/C10H20INO3.C10H21NO4/c11-1-5-13-9-10-15-8-4-12-2-6-14-7-3-12;12-4-8-15-10-9-14-7-3-11-1-5-13-6-2-11/h1-10H2;12H,1-10H2. The van der Waals surface area contributed by atoms with E-state index in [-0.39, 0.29) is 6.61 Å². The molecule has 0 spiro atoms. The van der Waals surface area contributed by atoms with Crippen LogP contribution < -0.4 is 0 Å². The molecule has 10 heteroatoms. The van der Waals surface area contributed by atoms with Gasteiger partial charge in [0.2, 0.25) is 0 Å². The zero-order valence-corrected chi connectivity index (χ0v) is 20.5. The van der Waals surface area contributed by atoms with Crippen LogP contribution in [-0.4, -0.2) is 144 Å². The van der Waals surface area contributed by atoms with Crippen molar-refractivity contribution in [3.8, 4) is 0 Å². The predicted octanol–water partition coefficient (Wildman–Crippen LogP) is 0.131. The van der Waals surface area contributed by atoms with Gasteiger partial charge in [-0.05, 0) is 0 Å². The van der Waals surface area contributed by atoms with Crippen LogP contribution in [0.2, 0.25) is 0 Å². The molecule has 0 saturated carbocycles. The summed E-state index contributed by atoms with van der Waals surface area (Å²) in [5, 5.41) is 8.45. The monoisotopic (exact) mass is 548 g/mol. The number of morpholine rings is 2. The van der Waals surface area contributed by atoms with E-state index < -0.39 is 0 Å². The SMILES string of the molecule is ICCOCCOCCN1CCOCC1.OCCOCCOCCN1CCOCC1. The second kappa shape index (κ2) is 22.6. The van der Waals surface area contributed by atoms with Gasteiger partial charge in [-0.3, -0.25) is 9.80 Å². The highest BCUT2D eigenvalue weighted by Gasteiger charge is 2.09. The van der Waals surface area contributed by atoms with Crippen molar-refractivity contribution in [2.24, 2.45) is 0 Å². The molecule has 180 valence electrons. The number of rotatable bonds is 16. The molecule has 0 aromatic rings. The fourth-order valence-electron chi connectivity index (χ4n) is 2.80. The van der Waals surface area contributed by atoms with Crippen LogP contribution in [0, 0.1) is 0 Å². The first-order valence-corrected chi connectivity index (χ1v) is 12.5. The summed E-state index contributed by atoms with van der Waals surface area (Å²) in [7, 11) is 0. The second-order valence-corrected chi connectivity index (χ2v) is 7.85. The molecule has 30 heavy (non-hydrogen) atoms. The van der Waals surface area contributed by atoms with Crippen molar-refractivity contribution < 1.29 is 33.5 Å². The van der Waals surface area contributed by atoms with Gasteiger partial charge in [0.15, 0.2) is 0 Å². The molecule has 2 saturated heterocycles. The molecule has 9 nitrogen and oxygen atoms in total. The number of aliphatic hydroxyl groups excluding tert-OH is 1. The van der Waals surface area contributed by atoms with Gasteiger partial charge in [0.25, 0.3) is 0 Å². The minimum Gasteiger partial charge on any atom is -0.394 e. The van der Waals surface area contributed by atoms with Crippen LogP contribution >= 0.6 is 22.6 Å². The molecule has 0 aromatic heterocycles. The van der Waals surface area contributed by atoms with Gasteiger partial charge in [0, 0.05) is 43.7 Å². The van der Waals surface area contributed by atoms with E-state index in [9.17, 15) is 0 Å². The highest BCUT2D eigenvalue weighted by atomic mass is 127. The highest BCUT2D eigenvalue weighted by molar-refractivity contribution is 14.1. The average molecular weight is 548 g/mol. The summed E-state index contributed by atoms with van der Waals surface area (Å²) in [6.07, 6.45) is 0. The summed E-state index contributed by atoms with van der Waals surface area (Å²) in [5.41, 5.74) is 0. The van der Waals surface area contributed by atoms with E-state index in [0.717, 1.165) is 89.9 Å². The summed E-state index contributed by atoms with van der Waals surface area (Å²) in [6, 6.07) is 0. The van der Waals surface area contributed by atoms with Crippen LogP contribution in [0.1, 0.15) is 0 Å². The van der Waals surface area contributed by atoms with Gasteiger partial charge in [-0.2, -0.15) is 0 Å². The van der Waals surface area contributed by atoms with Crippen molar-refractivity contribution in [1.82, 2.24) is 9.80 Å². The van der Waals surface area contributed by atoms with E-state index >= 15 is 0 Å². The number of halogens is 1. The van der Waals surface area contributed by atoms with Crippen LogP contribution in [-0.2, 0) is 28.4 Å². The maximum atomic E-state index is 8.45. The topological polar surface area (TPSA) is 82.1 Å². The number of hydrogen-bond donors (Lipinski definition) is 1. The van der Waals surface area contributed by atoms with E-state index in [1.54, 1.807) is 0 Å². The Morgan fingerprint density at radius 1 is 0.600 bits per heavy atom. The summed E-state index contributed by atoms with van der Waals surface area (Å²) >= 11 is 2.30. The van der Waals surface area contributed by atoms with Crippen molar-refractivity contribution in [1.29, 1.82) is 0 Å². The molecule has 2 aliphatic heterocycles. The summed E-state index contributed by atoms with van der Waals surface area (Å²) < 4.78 is 32.8. The number of ether oxygens (including phenoxy) is 6. The Morgan fingerprint density at radius 2 is 1.00 bits per heavy atom. The molecular formula is C20H41IN2O7. The van der Waals surface area contributed by atoms with E-state index in [4.69, 9.17) is 33.5 Å². The first-order valence-electron chi connectivity index (χ1n) is 10.9. The third kappa shape index (κ3) is 18.0. The van der Waals surface area contributed by atoms with Crippen molar-refractivity contribution in [3.05, 3.63) is 0 Å². The lowest BCUT2D eigenvalue weighted by Gasteiger charge is -2.26. The lowest BCUT2D eigenvalue weighted by molar-refractivity contribution is 0.00424. The van der Waals surface area contributed by atoms with Crippen LogP contribution in [0.4, 0.5) is 0 Å². The first kappa shape index (κ1) is 28.4. The molecule has 1 N–H and O–H groups in total.